The molecule has 7 nitrogen and oxygen atoms in total. The van der Waals surface area contributed by atoms with E-state index in [1.165, 1.54) is 12.1 Å². The third-order valence-corrected chi connectivity index (χ3v) is 6.24. The number of para-hydroxylation sites is 2. The molecular formula is C23H22N4O3S. The number of benzene rings is 3. The van der Waals surface area contributed by atoms with Crippen molar-refractivity contribution in [2.24, 2.45) is 0 Å². The van der Waals surface area contributed by atoms with Crippen LogP contribution in [0.5, 0.6) is 0 Å². The van der Waals surface area contributed by atoms with Gasteiger partial charge in [-0.3, -0.25) is 9.52 Å². The number of hydrogen-bond donors (Lipinski definition) is 2. The van der Waals surface area contributed by atoms with Gasteiger partial charge in [0, 0.05) is 24.3 Å². The first-order valence-corrected chi connectivity index (χ1v) is 11.4. The summed E-state index contributed by atoms with van der Waals surface area (Å²) in [5, 5.41) is 2.89. The van der Waals surface area contributed by atoms with Gasteiger partial charge >= 0.3 is 0 Å². The topological polar surface area (TPSA) is 93.1 Å². The molecule has 31 heavy (non-hydrogen) atoms. The number of aromatic nitrogens is 2. The van der Waals surface area contributed by atoms with Crippen LogP contribution in [0.3, 0.4) is 0 Å². The summed E-state index contributed by atoms with van der Waals surface area (Å²) >= 11 is 0. The van der Waals surface area contributed by atoms with Crippen LogP contribution in [0.4, 0.5) is 5.69 Å². The zero-order valence-electron chi connectivity index (χ0n) is 16.7. The lowest BCUT2D eigenvalue weighted by Crippen LogP contribution is -2.25. The molecule has 4 rings (SSSR count). The van der Waals surface area contributed by atoms with Crippen LogP contribution >= 0.6 is 0 Å². The maximum absolute atomic E-state index is 12.4. The van der Waals surface area contributed by atoms with Gasteiger partial charge in [-0.1, -0.05) is 30.3 Å². The first-order valence-electron chi connectivity index (χ1n) is 9.89. The van der Waals surface area contributed by atoms with E-state index in [0.717, 1.165) is 24.0 Å². The van der Waals surface area contributed by atoms with Gasteiger partial charge < -0.3 is 9.88 Å². The molecule has 0 unspecified atom stereocenters. The second kappa shape index (κ2) is 9.01. The van der Waals surface area contributed by atoms with Crippen molar-refractivity contribution in [2.45, 2.75) is 17.9 Å². The summed E-state index contributed by atoms with van der Waals surface area (Å²) in [4.78, 5) is 16.9. The monoisotopic (exact) mass is 434 g/mol. The third kappa shape index (κ3) is 4.92. The highest BCUT2D eigenvalue weighted by molar-refractivity contribution is 7.92. The Balaban J connectivity index is 1.29. The van der Waals surface area contributed by atoms with E-state index >= 15 is 0 Å². The maximum atomic E-state index is 12.4. The molecule has 0 aliphatic carbocycles. The van der Waals surface area contributed by atoms with Crippen LogP contribution in [0.2, 0.25) is 0 Å². The predicted octanol–water partition coefficient (Wildman–Crippen LogP) is 3.66. The van der Waals surface area contributed by atoms with Crippen molar-refractivity contribution in [3.05, 3.63) is 90.8 Å². The Bertz CT molecular complexity index is 1280. The first kappa shape index (κ1) is 20.6. The molecule has 0 aliphatic rings. The summed E-state index contributed by atoms with van der Waals surface area (Å²) in [6.07, 6.45) is 2.57. The molecule has 0 bridgehead atoms. The van der Waals surface area contributed by atoms with Crippen LogP contribution in [0.15, 0.2) is 90.1 Å². The van der Waals surface area contributed by atoms with Gasteiger partial charge in [0.05, 0.1) is 22.3 Å². The Morgan fingerprint density at radius 3 is 2.39 bits per heavy atom. The minimum atomic E-state index is -3.66. The quantitative estimate of drug-likeness (QED) is 0.414. The molecular weight excluding hydrogens is 412 g/mol. The summed E-state index contributed by atoms with van der Waals surface area (Å²) in [7, 11) is -3.66. The zero-order valence-corrected chi connectivity index (χ0v) is 17.5. The van der Waals surface area contributed by atoms with Crippen LogP contribution in [-0.4, -0.2) is 30.4 Å². The summed E-state index contributed by atoms with van der Waals surface area (Å²) in [6.45, 7) is 1.27. The van der Waals surface area contributed by atoms with Crippen molar-refractivity contribution in [3.63, 3.8) is 0 Å². The van der Waals surface area contributed by atoms with Gasteiger partial charge in [-0.2, -0.15) is 0 Å². The number of nitrogens with zero attached hydrogens (tertiary/aromatic N) is 2. The Hall–Kier alpha value is -3.65. The Morgan fingerprint density at radius 1 is 0.903 bits per heavy atom. The Morgan fingerprint density at radius 2 is 1.61 bits per heavy atom. The molecule has 1 heterocycles. The van der Waals surface area contributed by atoms with Gasteiger partial charge in [-0.25, -0.2) is 13.4 Å². The molecule has 0 saturated heterocycles. The predicted molar refractivity (Wildman–Crippen MR) is 120 cm³/mol. The average molecular weight is 435 g/mol. The highest BCUT2D eigenvalue weighted by atomic mass is 32.2. The number of hydrogen-bond acceptors (Lipinski definition) is 4. The molecule has 0 saturated carbocycles. The van der Waals surface area contributed by atoms with Gasteiger partial charge in [-0.05, 0) is 55.0 Å². The lowest BCUT2D eigenvalue weighted by molar-refractivity contribution is 0.0953. The standard InChI is InChI=1S/C23H22N4O3S/c28-23(24-15-6-16-27-17-25-21-9-4-5-10-22(21)27)18-11-13-19(14-12-18)26-31(29,30)20-7-2-1-3-8-20/h1-5,7-14,17,26H,6,15-16H2,(H,24,28). The van der Waals surface area contributed by atoms with E-state index in [4.69, 9.17) is 0 Å². The van der Waals surface area contributed by atoms with Gasteiger partial charge in [0.1, 0.15) is 0 Å². The van der Waals surface area contributed by atoms with Gasteiger partial charge in [0.2, 0.25) is 0 Å². The van der Waals surface area contributed by atoms with Gasteiger partial charge in [0.15, 0.2) is 0 Å². The van der Waals surface area contributed by atoms with E-state index in [1.807, 2.05) is 30.6 Å². The molecule has 0 fully saturated rings. The smallest absolute Gasteiger partial charge is 0.261 e. The van der Waals surface area contributed by atoms with Crippen molar-refractivity contribution >= 4 is 32.7 Å². The van der Waals surface area contributed by atoms with E-state index < -0.39 is 10.0 Å². The molecule has 1 aromatic heterocycles. The van der Waals surface area contributed by atoms with Crippen LogP contribution in [-0.2, 0) is 16.6 Å². The summed E-state index contributed by atoms with van der Waals surface area (Å²) in [6, 6.07) is 22.4. The summed E-state index contributed by atoms with van der Waals surface area (Å²) in [5.41, 5.74) is 2.89. The largest absolute Gasteiger partial charge is 0.352 e. The number of nitrogens with one attached hydrogen (secondary N) is 2. The second-order valence-electron chi connectivity index (χ2n) is 7.03. The molecule has 0 aliphatic heterocycles. The van der Waals surface area contributed by atoms with Crippen molar-refractivity contribution in [3.8, 4) is 0 Å². The molecule has 4 aromatic rings. The Labute approximate surface area is 180 Å². The van der Waals surface area contributed by atoms with E-state index in [1.54, 1.807) is 42.5 Å². The van der Waals surface area contributed by atoms with E-state index in [2.05, 4.69) is 19.6 Å². The number of rotatable bonds is 8. The number of imidazole rings is 1. The number of carbonyl (C=O) groups is 1. The minimum absolute atomic E-state index is 0.183. The normalized spacial score (nSPS) is 11.4. The number of anilines is 1. The fourth-order valence-corrected chi connectivity index (χ4v) is 4.32. The molecule has 8 heteroatoms. The van der Waals surface area contributed by atoms with Crippen molar-refractivity contribution in [2.75, 3.05) is 11.3 Å². The molecule has 158 valence electrons. The fourth-order valence-electron chi connectivity index (χ4n) is 3.25. The molecule has 0 spiro atoms. The minimum Gasteiger partial charge on any atom is -0.352 e. The van der Waals surface area contributed by atoms with E-state index in [9.17, 15) is 13.2 Å². The Kier molecular flexibility index (Phi) is 5.99. The summed E-state index contributed by atoms with van der Waals surface area (Å²) in [5.74, 6) is -0.201. The number of sulfonamides is 1. The van der Waals surface area contributed by atoms with E-state index in [0.29, 0.717) is 17.8 Å². The highest BCUT2D eigenvalue weighted by Crippen LogP contribution is 2.16. The maximum Gasteiger partial charge on any atom is 0.261 e. The SMILES string of the molecule is O=C(NCCCn1cnc2ccccc21)c1ccc(NS(=O)(=O)c2ccccc2)cc1. The van der Waals surface area contributed by atoms with Crippen LogP contribution in [0.1, 0.15) is 16.8 Å². The van der Waals surface area contributed by atoms with Crippen molar-refractivity contribution < 1.29 is 13.2 Å². The van der Waals surface area contributed by atoms with Gasteiger partial charge in [-0.15, -0.1) is 0 Å². The van der Waals surface area contributed by atoms with Crippen LogP contribution < -0.4 is 10.0 Å². The average Bonchev–Trinajstić information content (AvgIpc) is 3.20. The number of carbonyl (C=O) groups excluding carboxylic acids is 1. The first-order chi connectivity index (χ1) is 15.0. The lowest BCUT2D eigenvalue weighted by Gasteiger charge is -2.09. The molecule has 3 aromatic carbocycles. The number of fused-ring (bicyclic) bond motifs is 1. The number of aryl methyl sites for hydroxylation is 1. The highest BCUT2D eigenvalue weighted by Gasteiger charge is 2.14. The van der Waals surface area contributed by atoms with Crippen molar-refractivity contribution in [1.29, 1.82) is 0 Å². The van der Waals surface area contributed by atoms with Crippen LogP contribution in [0.25, 0.3) is 11.0 Å². The third-order valence-electron chi connectivity index (χ3n) is 4.84. The molecule has 0 radical (unpaired) electrons. The zero-order chi connectivity index (χ0) is 21.7. The van der Waals surface area contributed by atoms with E-state index in [-0.39, 0.29) is 10.8 Å². The molecule has 2 N–H and O–H groups in total. The number of amides is 1. The van der Waals surface area contributed by atoms with Crippen molar-refractivity contribution in [1.82, 2.24) is 14.9 Å². The summed E-state index contributed by atoms with van der Waals surface area (Å²) < 4.78 is 29.3. The van der Waals surface area contributed by atoms with Gasteiger partial charge in [0.25, 0.3) is 15.9 Å². The lowest BCUT2D eigenvalue weighted by atomic mass is 10.2. The van der Waals surface area contributed by atoms with Crippen LogP contribution in [0, 0.1) is 0 Å². The molecule has 0 atom stereocenters. The fraction of sp³-hybridized carbons (Fsp3) is 0.130. The second-order valence-corrected chi connectivity index (χ2v) is 8.71. The molecule has 1 amide bonds.